The minimum atomic E-state index is 0.462. The summed E-state index contributed by atoms with van der Waals surface area (Å²) in [6, 6.07) is 0. The van der Waals surface area contributed by atoms with Gasteiger partial charge in [0.2, 0.25) is 0 Å². The molecule has 2 rings (SSSR count). The van der Waals surface area contributed by atoms with Crippen molar-refractivity contribution in [2.45, 2.75) is 77.7 Å². The maximum absolute atomic E-state index is 6.14. The van der Waals surface area contributed by atoms with E-state index in [2.05, 4.69) is 19.2 Å². The van der Waals surface area contributed by atoms with Gasteiger partial charge in [-0.15, -0.1) is 0 Å². The van der Waals surface area contributed by atoms with Gasteiger partial charge in [0.15, 0.2) is 0 Å². The van der Waals surface area contributed by atoms with Crippen molar-refractivity contribution in [2.24, 2.45) is 11.3 Å². The molecule has 0 aromatic rings. The minimum Gasteiger partial charge on any atom is -0.377 e. The predicted molar refractivity (Wildman–Crippen MR) is 81.4 cm³/mol. The normalized spacial score (nSPS) is 30.9. The van der Waals surface area contributed by atoms with Gasteiger partial charge in [-0.1, -0.05) is 39.5 Å². The molecule has 0 aromatic carbocycles. The summed E-state index contributed by atoms with van der Waals surface area (Å²) in [7, 11) is 0. The molecule has 112 valence electrons. The highest BCUT2D eigenvalue weighted by molar-refractivity contribution is 5.00. The number of hydrogen-bond acceptors (Lipinski definition) is 2. The Morgan fingerprint density at radius 3 is 2.63 bits per heavy atom. The van der Waals surface area contributed by atoms with Crippen LogP contribution in [-0.4, -0.2) is 25.8 Å². The van der Waals surface area contributed by atoms with Crippen LogP contribution in [0.3, 0.4) is 0 Å². The molecular formula is C17H33NO. The molecule has 1 saturated heterocycles. The van der Waals surface area contributed by atoms with Crippen molar-refractivity contribution < 1.29 is 4.74 Å². The molecule has 0 aromatic heterocycles. The van der Waals surface area contributed by atoms with E-state index in [0.29, 0.717) is 11.5 Å². The summed E-state index contributed by atoms with van der Waals surface area (Å²) < 4.78 is 6.14. The van der Waals surface area contributed by atoms with Crippen molar-refractivity contribution in [1.82, 2.24) is 5.32 Å². The quantitative estimate of drug-likeness (QED) is 0.601. The van der Waals surface area contributed by atoms with E-state index in [1.807, 2.05) is 0 Å². The lowest BCUT2D eigenvalue weighted by molar-refractivity contribution is 0.0254. The van der Waals surface area contributed by atoms with Gasteiger partial charge in [-0.25, -0.2) is 0 Å². The number of hydrogen-bond donors (Lipinski definition) is 1. The maximum Gasteiger partial charge on any atom is 0.0672 e. The fourth-order valence-electron chi connectivity index (χ4n) is 3.71. The zero-order valence-corrected chi connectivity index (χ0v) is 13.0. The van der Waals surface area contributed by atoms with E-state index in [1.165, 1.54) is 64.3 Å². The first kappa shape index (κ1) is 15.3. The molecule has 2 unspecified atom stereocenters. The molecule has 2 aliphatic rings. The van der Waals surface area contributed by atoms with Crippen LogP contribution in [0.15, 0.2) is 0 Å². The topological polar surface area (TPSA) is 21.3 Å². The molecule has 0 radical (unpaired) electrons. The van der Waals surface area contributed by atoms with Gasteiger partial charge in [-0.3, -0.25) is 0 Å². The molecule has 0 amide bonds. The molecule has 2 fully saturated rings. The van der Waals surface area contributed by atoms with Crippen LogP contribution in [0.2, 0.25) is 0 Å². The van der Waals surface area contributed by atoms with Crippen molar-refractivity contribution in [3.05, 3.63) is 0 Å². The van der Waals surface area contributed by atoms with Crippen molar-refractivity contribution in [3.63, 3.8) is 0 Å². The average molecular weight is 267 g/mol. The van der Waals surface area contributed by atoms with Crippen LogP contribution in [0.25, 0.3) is 0 Å². The van der Waals surface area contributed by atoms with Gasteiger partial charge in [0, 0.05) is 18.6 Å². The fraction of sp³-hybridized carbons (Fsp3) is 1.00. The predicted octanol–water partition coefficient (Wildman–Crippen LogP) is 4.14. The Morgan fingerprint density at radius 1 is 1.11 bits per heavy atom. The van der Waals surface area contributed by atoms with Crippen LogP contribution >= 0.6 is 0 Å². The van der Waals surface area contributed by atoms with Crippen LogP contribution in [0.1, 0.15) is 71.6 Å². The third-order valence-corrected chi connectivity index (χ3v) is 4.98. The lowest BCUT2D eigenvalue weighted by Gasteiger charge is -2.35. The second-order valence-electron chi connectivity index (χ2n) is 6.73. The molecule has 1 aliphatic heterocycles. The first-order valence-electron chi connectivity index (χ1n) is 8.64. The molecule has 0 spiro atoms. The van der Waals surface area contributed by atoms with Gasteiger partial charge in [0.1, 0.15) is 0 Å². The Hall–Kier alpha value is -0.0800. The molecule has 0 bridgehead atoms. The Morgan fingerprint density at radius 2 is 1.95 bits per heavy atom. The van der Waals surface area contributed by atoms with E-state index in [-0.39, 0.29) is 0 Å². The van der Waals surface area contributed by atoms with Gasteiger partial charge in [-0.2, -0.15) is 0 Å². The molecule has 2 atom stereocenters. The van der Waals surface area contributed by atoms with Gasteiger partial charge in [0.25, 0.3) is 0 Å². The summed E-state index contributed by atoms with van der Waals surface area (Å²) in [5.74, 6) is 0.886. The summed E-state index contributed by atoms with van der Waals surface area (Å²) in [6.07, 6.45) is 12.8. The summed E-state index contributed by atoms with van der Waals surface area (Å²) in [6.45, 7) is 7.90. The van der Waals surface area contributed by atoms with E-state index in [9.17, 15) is 0 Å². The Balaban J connectivity index is 1.87. The highest BCUT2D eigenvalue weighted by Gasteiger charge is 2.50. The van der Waals surface area contributed by atoms with Gasteiger partial charge >= 0.3 is 0 Å². The van der Waals surface area contributed by atoms with Gasteiger partial charge < -0.3 is 10.1 Å². The monoisotopic (exact) mass is 267 g/mol. The Bertz CT molecular complexity index is 252. The third kappa shape index (κ3) is 4.19. The maximum atomic E-state index is 6.14. The Labute approximate surface area is 119 Å². The summed E-state index contributed by atoms with van der Waals surface area (Å²) in [5.41, 5.74) is 0.462. The van der Waals surface area contributed by atoms with E-state index >= 15 is 0 Å². The molecule has 2 nitrogen and oxygen atoms in total. The lowest BCUT2D eigenvalue weighted by Crippen LogP contribution is -2.42. The largest absolute Gasteiger partial charge is 0.377 e. The molecular weight excluding hydrogens is 234 g/mol. The number of nitrogens with one attached hydrogen (secondary N) is 1. The van der Waals surface area contributed by atoms with Crippen molar-refractivity contribution in [2.75, 3.05) is 19.7 Å². The van der Waals surface area contributed by atoms with Crippen LogP contribution in [0.4, 0.5) is 0 Å². The van der Waals surface area contributed by atoms with E-state index in [1.54, 1.807) is 0 Å². The van der Waals surface area contributed by atoms with Crippen LogP contribution < -0.4 is 5.32 Å². The smallest absolute Gasteiger partial charge is 0.0672 e. The third-order valence-electron chi connectivity index (χ3n) is 4.98. The van der Waals surface area contributed by atoms with Crippen molar-refractivity contribution >= 4 is 0 Å². The standard InChI is InChI=1S/C17H33NO/c1-3-5-6-7-10-17(14-18-12-4-2)11-13-19-16(17)15-8-9-15/h15-16,18H,3-14H2,1-2H3. The van der Waals surface area contributed by atoms with Gasteiger partial charge in [0.05, 0.1) is 6.10 Å². The molecule has 2 heteroatoms. The highest BCUT2D eigenvalue weighted by Crippen LogP contribution is 2.50. The number of unbranched alkanes of at least 4 members (excludes halogenated alkanes) is 3. The summed E-state index contributed by atoms with van der Waals surface area (Å²) in [5, 5.41) is 3.69. The number of ether oxygens (including phenoxy) is 1. The molecule has 1 saturated carbocycles. The van der Waals surface area contributed by atoms with Gasteiger partial charge in [-0.05, 0) is 44.6 Å². The molecule has 19 heavy (non-hydrogen) atoms. The van der Waals surface area contributed by atoms with E-state index in [0.717, 1.165) is 19.1 Å². The van der Waals surface area contributed by atoms with E-state index in [4.69, 9.17) is 4.74 Å². The number of rotatable bonds is 10. The summed E-state index contributed by atoms with van der Waals surface area (Å²) in [4.78, 5) is 0. The minimum absolute atomic E-state index is 0.462. The van der Waals surface area contributed by atoms with Crippen molar-refractivity contribution in [3.8, 4) is 0 Å². The molecule has 1 heterocycles. The molecule has 1 aliphatic carbocycles. The SMILES string of the molecule is CCCCCCC1(CNCCC)CCOC1C1CC1. The average Bonchev–Trinajstić information content (AvgIpc) is 3.18. The van der Waals surface area contributed by atoms with Crippen LogP contribution in [0.5, 0.6) is 0 Å². The fourth-order valence-corrected chi connectivity index (χ4v) is 3.71. The first-order valence-corrected chi connectivity index (χ1v) is 8.64. The first-order chi connectivity index (χ1) is 9.32. The zero-order chi connectivity index (χ0) is 13.6. The van der Waals surface area contributed by atoms with Crippen molar-refractivity contribution in [1.29, 1.82) is 0 Å². The van der Waals surface area contributed by atoms with Crippen LogP contribution in [-0.2, 0) is 4.74 Å². The van der Waals surface area contributed by atoms with E-state index < -0.39 is 0 Å². The second-order valence-corrected chi connectivity index (χ2v) is 6.73. The van der Waals surface area contributed by atoms with Crippen LogP contribution in [0, 0.1) is 11.3 Å². The lowest BCUT2D eigenvalue weighted by atomic mass is 9.74. The Kier molecular flexibility index (Phi) is 6.15. The molecule has 1 N–H and O–H groups in total. The second kappa shape index (κ2) is 7.64. The summed E-state index contributed by atoms with van der Waals surface area (Å²) >= 11 is 0. The highest BCUT2D eigenvalue weighted by atomic mass is 16.5. The zero-order valence-electron chi connectivity index (χ0n) is 13.0.